The van der Waals surface area contributed by atoms with Crippen LogP contribution in [0.3, 0.4) is 0 Å². The average Bonchev–Trinajstić information content (AvgIpc) is 2.59. The topological polar surface area (TPSA) is 70.7 Å². The minimum Gasteiger partial charge on any atom is -0.375 e. The number of halogens is 3. The van der Waals surface area contributed by atoms with Gasteiger partial charge in [-0.2, -0.15) is 13.2 Å². The summed E-state index contributed by atoms with van der Waals surface area (Å²) in [6, 6.07) is 4.13. The molecule has 2 rings (SSSR count). The number of ether oxygens (including phenoxy) is 1. The molecule has 0 spiro atoms. The molecule has 1 fully saturated rings. The maximum Gasteiger partial charge on any atom is 0.418 e. The van der Waals surface area contributed by atoms with E-state index in [9.17, 15) is 22.8 Å². The van der Waals surface area contributed by atoms with Crippen molar-refractivity contribution in [3.63, 3.8) is 0 Å². The summed E-state index contributed by atoms with van der Waals surface area (Å²) in [5.74, 6) is -1.01. The molecule has 2 amide bonds. The zero-order valence-corrected chi connectivity index (χ0v) is 14.6. The number of nitrogens with one attached hydrogen (secondary N) is 2. The molecular weight excluding hydrogens is 351 g/mol. The van der Waals surface area contributed by atoms with Crippen LogP contribution in [0.25, 0.3) is 0 Å². The molecule has 1 heterocycles. The first kappa shape index (κ1) is 20.2. The van der Waals surface area contributed by atoms with Crippen molar-refractivity contribution in [3.05, 3.63) is 29.8 Å². The number of alkyl halides is 3. The van der Waals surface area contributed by atoms with Gasteiger partial charge in [0, 0.05) is 13.1 Å². The van der Waals surface area contributed by atoms with Gasteiger partial charge in [-0.25, -0.2) is 0 Å². The zero-order chi connectivity index (χ0) is 19.3. The van der Waals surface area contributed by atoms with E-state index in [1.54, 1.807) is 13.8 Å². The van der Waals surface area contributed by atoms with Crippen molar-refractivity contribution >= 4 is 17.5 Å². The van der Waals surface area contributed by atoms with Crippen molar-refractivity contribution in [2.45, 2.75) is 32.2 Å². The fourth-order valence-corrected chi connectivity index (χ4v) is 2.75. The van der Waals surface area contributed by atoms with Crippen molar-refractivity contribution < 1.29 is 27.5 Å². The van der Waals surface area contributed by atoms with Gasteiger partial charge in [0.25, 0.3) is 0 Å². The van der Waals surface area contributed by atoms with Crippen LogP contribution in [0.2, 0.25) is 0 Å². The molecule has 0 aliphatic carbocycles. The number of para-hydroxylation sites is 1. The molecule has 9 heteroatoms. The Labute approximate surface area is 149 Å². The summed E-state index contributed by atoms with van der Waals surface area (Å²) >= 11 is 0. The van der Waals surface area contributed by atoms with E-state index in [1.807, 2.05) is 0 Å². The zero-order valence-electron chi connectivity index (χ0n) is 14.6. The average molecular weight is 373 g/mol. The minimum absolute atomic E-state index is 0.248. The highest BCUT2D eigenvalue weighted by atomic mass is 19.4. The molecule has 1 aromatic rings. The molecule has 2 atom stereocenters. The van der Waals surface area contributed by atoms with Crippen molar-refractivity contribution in [2.24, 2.45) is 0 Å². The van der Waals surface area contributed by atoms with Crippen molar-refractivity contribution in [1.82, 2.24) is 10.2 Å². The van der Waals surface area contributed by atoms with Crippen molar-refractivity contribution in [1.29, 1.82) is 0 Å². The lowest BCUT2D eigenvalue weighted by molar-refractivity contribution is -0.142. The van der Waals surface area contributed by atoms with E-state index in [4.69, 9.17) is 4.74 Å². The van der Waals surface area contributed by atoms with Gasteiger partial charge in [0.05, 0.1) is 30.5 Å². The molecule has 0 saturated carbocycles. The fraction of sp³-hybridized carbons (Fsp3) is 0.529. The molecule has 0 radical (unpaired) electrons. The van der Waals surface area contributed by atoms with Gasteiger partial charge in [0.15, 0.2) is 0 Å². The largest absolute Gasteiger partial charge is 0.418 e. The standard InChI is InChI=1S/C17H22F3N3O3/c1-3-23(16(25)15-11(2)26-9-8-21-15)10-14(24)22-13-7-5-4-6-12(13)17(18,19)20/h4-7,11,15,21H,3,8-10H2,1-2H3,(H,22,24)/t11-,15+/m1/s1. The van der Waals surface area contributed by atoms with Gasteiger partial charge >= 0.3 is 6.18 Å². The summed E-state index contributed by atoms with van der Waals surface area (Å²) in [4.78, 5) is 26.1. The Hall–Kier alpha value is -2.13. The number of hydrogen-bond acceptors (Lipinski definition) is 4. The van der Waals surface area contributed by atoms with Crippen LogP contribution >= 0.6 is 0 Å². The van der Waals surface area contributed by atoms with E-state index in [0.717, 1.165) is 6.07 Å². The van der Waals surface area contributed by atoms with E-state index in [1.165, 1.54) is 23.1 Å². The Balaban J connectivity index is 2.05. The summed E-state index contributed by atoms with van der Waals surface area (Å²) in [5, 5.41) is 5.29. The number of benzene rings is 1. The summed E-state index contributed by atoms with van der Waals surface area (Å²) in [6.07, 6.45) is -4.93. The number of hydrogen-bond donors (Lipinski definition) is 2. The van der Waals surface area contributed by atoms with Gasteiger partial charge in [0.2, 0.25) is 11.8 Å². The van der Waals surface area contributed by atoms with E-state index >= 15 is 0 Å². The molecule has 2 N–H and O–H groups in total. The Bertz CT molecular complexity index is 652. The lowest BCUT2D eigenvalue weighted by Gasteiger charge is -2.33. The maximum absolute atomic E-state index is 13.0. The maximum atomic E-state index is 13.0. The first-order valence-corrected chi connectivity index (χ1v) is 8.34. The normalized spacial score (nSPS) is 20.5. The SMILES string of the molecule is CCN(CC(=O)Nc1ccccc1C(F)(F)F)C(=O)[C@H]1NCCO[C@@H]1C. The van der Waals surface area contributed by atoms with Crippen LogP contribution < -0.4 is 10.6 Å². The van der Waals surface area contributed by atoms with E-state index in [2.05, 4.69) is 10.6 Å². The minimum atomic E-state index is -4.58. The van der Waals surface area contributed by atoms with Gasteiger partial charge in [-0.15, -0.1) is 0 Å². The Kier molecular flexibility index (Phi) is 6.60. The molecule has 0 unspecified atom stereocenters. The molecular formula is C17H22F3N3O3. The summed E-state index contributed by atoms with van der Waals surface area (Å²) in [5.41, 5.74) is -1.26. The highest BCUT2D eigenvalue weighted by Gasteiger charge is 2.34. The number of carbonyl (C=O) groups excluding carboxylic acids is 2. The number of amides is 2. The monoisotopic (exact) mass is 373 g/mol. The molecule has 1 aliphatic heterocycles. The third-order valence-corrected chi connectivity index (χ3v) is 4.12. The van der Waals surface area contributed by atoms with E-state index in [0.29, 0.717) is 13.2 Å². The van der Waals surface area contributed by atoms with Crippen molar-refractivity contribution in [2.75, 3.05) is 31.6 Å². The smallest absolute Gasteiger partial charge is 0.375 e. The number of morpholine rings is 1. The van der Waals surface area contributed by atoms with Crippen LogP contribution in [0, 0.1) is 0 Å². The van der Waals surface area contributed by atoms with Crippen LogP contribution in [-0.2, 0) is 20.5 Å². The Morgan fingerprint density at radius 2 is 2.04 bits per heavy atom. The molecule has 0 bridgehead atoms. The second kappa shape index (κ2) is 8.50. The molecule has 1 aliphatic rings. The molecule has 144 valence electrons. The van der Waals surface area contributed by atoms with E-state index in [-0.39, 0.29) is 30.8 Å². The van der Waals surface area contributed by atoms with Crippen LogP contribution in [0.4, 0.5) is 18.9 Å². The quantitative estimate of drug-likeness (QED) is 0.827. The highest BCUT2D eigenvalue weighted by Crippen LogP contribution is 2.34. The van der Waals surface area contributed by atoms with E-state index < -0.39 is 23.7 Å². The molecule has 1 saturated heterocycles. The molecule has 1 aromatic carbocycles. The van der Waals surface area contributed by atoms with Gasteiger partial charge in [0.1, 0.15) is 6.04 Å². The molecule has 6 nitrogen and oxygen atoms in total. The third-order valence-electron chi connectivity index (χ3n) is 4.12. The number of anilines is 1. The molecule has 0 aromatic heterocycles. The molecule has 26 heavy (non-hydrogen) atoms. The van der Waals surface area contributed by atoms with Crippen LogP contribution in [-0.4, -0.2) is 55.1 Å². The summed E-state index contributed by atoms with van der Waals surface area (Å²) in [7, 11) is 0. The lowest BCUT2D eigenvalue weighted by atomic mass is 10.1. The van der Waals surface area contributed by atoms with Crippen LogP contribution in [0.15, 0.2) is 24.3 Å². The highest BCUT2D eigenvalue weighted by molar-refractivity contribution is 5.96. The number of rotatable bonds is 5. The Morgan fingerprint density at radius 3 is 2.65 bits per heavy atom. The number of carbonyl (C=O) groups is 2. The van der Waals surface area contributed by atoms with Crippen molar-refractivity contribution in [3.8, 4) is 0 Å². The fourth-order valence-electron chi connectivity index (χ4n) is 2.75. The predicted molar refractivity (Wildman–Crippen MR) is 89.5 cm³/mol. The Morgan fingerprint density at radius 1 is 1.35 bits per heavy atom. The second-order valence-electron chi connectivity index (χ2n) is 5.95. The first-order chi connectivity index (χ1) is 12.2. The third kappa shape index (κ3) is 4.95. The van der Waals surface area contributed by atoms with Crippen LogP contribution in [0.5, 0.6) is 0 Å². The van der Waals surface area contributed by atoms with Gasteiger partial charge in [-0.1, -0.05) is 12.1 Å². The number of likely N-dealkylation sites (N-methyl/N-ethyl adjacent to an activating group) is 1. The van der Waals surface area contributed by atoms with Crippen LogP contribution in [0.1, 0.15) is 19.4 Å². The summed E-state index contributed by atoms with van der Waals surface area (Å²) < 4.78 is 44.4. The van der Waals surface area contributed by atoms with Gasteiger partial charge in [-0.3, -0.25) is 9.59 Å². The lowest BCUT2D eigenvalue weighted by Crippen LogP contribution is -2.57. The second-order valence-corrected chi connectivity index (χ2v) is 5.95. The number of nitrogens with zero attached hydrogens (tertiary/aromatic N) is 1. The predicted octanol–water partition coefficient (Wildman–Crippen LogP) is 1.87. The van der Waals surface area contributed by atoms with Gasteiger partial charge < -0.3 is 20.3 Å². The first-order valence-electron chi connectivity index (χ1n) is 8.34. The van der Waals surface area contributed by atoms with Gasteiger partial charge in [-0.05, 0) is 26.0 Å². The summed E-state index contributed by atoms with van der Waals surface area (Å²) in [6.45, 7) is 4.37.